The molecule has 0 aromatic heterocycles. The molecule has 0 heterocycles. The third-order valence-corrected chi connectivity index (χ3v) is 2.80. The molecule has 2 unspecified atom stereocenters. The van der Waals surface area contributed by atoms with Gasteiger partial charge in [-0.3, -0.25) is 4.90 Å². The van der Waals surface area contributed by atoms with Crippen molar-refractivity contribution in [3.05, 3.63) is 0 Å². The van der Waals surface area contributed by atoms with Crippen molar-refractivity contribution in [1.29, 1.82) is 0 Å². The zero-order valence-corrected chi connectivity index (χ0v) is 10.3. The quantitative estimate of drug-likeness (QED) is 0.643. The van der Waals surface area contributed by atoms with Crippen molar-refractivity contribution >= 4 is 0 Å². The van der Waals surface area contributed by atoms with Gasteiger partial charge in [0.2, 0.25) is 0 Å². The second kappa shape index (κ2) is 8.21. The summed E-state index contributed by atoms with van der Waals surface area (Å²) in [7, 11) is 3.78. The number of nitrogens with one attached hydrogen (secondary N) is 1. The molecular formula is C11H26N2O. The average Bonchev–Trinajstić information content (AvgIpc) is 2.18. The Hall–Kier alpha value is -0.120. The van der Waals surface area contributed by atoms with Gasteiger partial charge in [-0.05, 0) is 33.9 Å². The Bertz CT molecular complexity index is 130. The number of hydrogen-bond donors (Lipinski definition) is 1. The minimum Gasteiger partial charge on any atom is -0.383 e. The molecule has 0 aliphatic heterocycles. The van der Waals surface area contributed by atoms with Gasteiger partial charge in [-0.15, -0.1) is 0 Å². The molecular weight excluding hydrogens is 176 g/mol. The maximum atomic E-state index is 5.10. The van der Waals surface area contributed by atoms with Gasteiger partial charge in [-0.1, -0.05) is 6.92 Å². The standard InChI is InChI=1S/C11H26N2O/c1-6-13(7-8-14-5)11(3)9-10(2)12-4/h10-12H,6-9H2,1-5H3. The molecule has 0 bridgehead atoms. The van der Waals surface area contributed by atoms with Gasteiger partial charge in [-0.25, -0.2) is 0 Å². The molecule has 2 atom stereocenters. The number of rotatable bonds is 8. The average molecular weight is 202 g/mol. The van der Waals surface area contributed by atoms with Crippen LogP contribution in [0.1, 0.15) is 27.2 Å². The van der Waals surface area contributed by atoms with Gasteiger partial charge in [0.25, 0.3) is 0 Å². The normalized spacial score (nSPS) is 15.9. The summed E-state index contributed by atoms with van der Waals surface area (Å²) in [5, 5.41) is 3.27. The highest BCUT2D eigenvalue weighted by Gasteiger charge is 2.13. The van der Waals surface area contributed by atoms with Crippen LogP contribution in [0.15, 0.2) is 0 Å². The Morgan fingerprint density at radius 2 is 2.00 bits per heavy atom. The van der Waals surface area contributed by atoms with Crippen LogP contribution >= 0.6 is 0 Å². The first-order valence-corrected chi connectivity index (χ1v) is 5.55. The molecule has 3 heteroatoms. The summed E-state index contributed by atoms with van der Waals surface area (Å²) < 4.78 is 5.10. The molecule has 0 spiro atoms. The van der Waals surface area contributed by atoms with Gasteiger partial charge in [0.1, 0.15) is 0 Å². The molecule has 3 nitrogen and oxygen atoms in total. The second-order valence-electron chi connectivity index (χ2n) is 3.90. The molecule has 0 radical (unpaired) electrons. The van der Waals surface area contributed by atoms with Crippen LogP contribution in [0.4, 0.5) is 0 Å². The highest BCUT2D eigenvalue weighted by atomic mass is 16.5. The van der Waals surface area contributed by atoms with E-state index in [0.717, 1.165) is 19.7 Å². The highest BCUT2D eigenvalue weighted by molar-refractivity contribution is 4.71. The molecule has 0 aromatic rings. The molecule has 0 saturated carbocycles. The first kappa shape index (κ1) is 13.9. The second-order valence-corrected chi connectivity index (χ2v) is 3.90. The summed E-state index contributed by atoms with van der Waals surface area (Å²) in [6, 6.07) is 1.21. The van der Waals surface area contributed by atoms with Crippen LogP contribution in [-0.4, -0.2) is 50.8 Å². The van der Waals surface area contributed by atoms with E-state index in [2.05, 4.69) is 31.0 Å². The third-order valence-electron chi connectivity index (χ3n) is 2.80. The monoisotopic (exact) mass is 202 g/mol. The van der Waals surface area contributed by atoms with E-state index < -0.39 is 0 Å². The summed E-state index contributed by atoms with van der Waals surface area (Å²) >= 11 is 0. The number of ether oxygens (including phenoxy) is 1. The maximum Gasteiger partial charge on any atom is 0.0589 e. The van der Waals surface area contributed by atoms with Crippen molar-refractivity contribution in [1.82, 2.24) is 10.2 Å². The van der Waals surface area contributed by atoms with Crippen molar-refractivity contribution in [3.63, 3.8) is 0 Å². The van der Waals surface area contributed by atoms with Crippen LogP contribution in [0.5, 0.6) is 0 Å². The van der Waals surface area contributed by atoms with Gasteiger partial charge < -0.3 is 10.1 Å². The van der Waals surface area contributed by atoms with E-state index in [9.17, 15) is 0 Å². The molecule has 1 N–H and O–H groups in total. The van der Waals surface area contributed by atoms with Crippen molar-refractivity contribution in [2.24, 2.45) is 0 Å². The van der Waals surface area contributed by atoms with E-state index in [1.54, 1.807) is 7.11 Å². The number of likely N-dealkylation sites (N-methyl/N-ethyl adjacent to an activating group) is 1. The van der Waals surface area contributed by atoms with Gasteiger partial charge >= 0.3 is 0 Å². The van der Waals surface area contributed by atoms with Gasteiger partial charge in [-0.2, -0.15) is 0 Å². The predicted octanol–water partition coefficient (Wildman–Crippen LogP) is 1.34. The topological polar surface area (TPSA) is 24.5 Å². The molecule has 0 aliphatic carbocycles. The maximum absolute atomic E-state index is 5.10. The van der Waals surface area contributed by atoms with Gasteiger partial charge in [0, 0.05) is 25.7 Å². The highest BCUT2D eigenvalue weighted by Crippen LogP contribution is 2.06. The van der Waals surface area contributed by atoms with Crippen molar-refractivity contribution in [2.45, 2.75) is 39.3 Å². The molecule has 0 rings (SSSR count). The molecule has 14 heavy (non-hydrogen) atoms. The molecule has 0 aliphatic rings. The first-order valence-electron chi connectivity index (χ1n) is 5.55. The van der Waals surface area contributed by atoms with Crippen LogP contribution in [-0.2, 0) is 4.74 Å². The Morgan fingerprint density at radius 1 is 1.36 bits per heavy atom. The van der Waals surface area contributed by atoms with Crippen molar-refractivity contribution < 1.29 is 4.74 Å². The summed E-state index contributed by atoms with van der Waals surface area (Å²) in [6.45, 7) is 9.67. The SMILES string of the molecule is CCN(CCOC)C(C)CC(C)NC. The summed E-state index contributed by atoms with van der Waals surface area (Å²) in [6.07, 6.45) is 1.19. The van der Waals surface area contributed by atoms with Gasteiger partial charge in [0.15, 0.2) is 0 Å². The lowest BCUT2D eigenvalue weighted by atomic mass is 10.1. The van der Waals surface area contributed by atoms with Crippen LogP contribution < -0.4 is 5.32 Å². The van der Waals surface area contributed by atoms with E-state index in [-0.39, 0.29) is 0 Å². The first-order chi connectivity index (χ1) is 6.65. The predicted molar refractivity (Wildman–Crippen MR) is 61.7 cm³/mol. The van der Waals surface area contributed by atoms with Crippen molar-refractivity contribution in [2.75, 3.05) is 33.9 Å². The molecule has 86 valence electrons. The molecule has 0 aromatic carbocycles. The summed E-state index contributed by atoms with van der Waals surface area (Å²) in [5.41, 5.74) is 0. The Labute approximate surface area is 88.8 Å². The lowest BCUT2D eigenvalue weighted by Gasteiger charge is -2.29. The number of methoxy groups -OCH3 is 1. The van der Waals surface area contributed by atoms with Gasteiger partial charge in [0.05, 0.1) is 6.61 Å². The Kier molecular flexibility index (Phi) is 8.14. The lowest BCUT2D eigenvalue weighted by molar-refractivity contribution is 0.122. The minimum absolute atomic E-state index is 0.585. The number of hydrogen-bond acceptors (Lipinski definition) is 3. The van der Waals surface area contributed by atoms with Crippen LogP contribution in [0.3, 0.4) is 0 Å². The largest absolute Gasteiger partial charge is 0.383 e. The fourth-order valence-electron chi connectivity index (χ4n) is 1.68. The molecule has 0 saturated heterocycles. The van der Waals surface area contributed by atoms with E-state index in [1.807, 2.05) is 7.05 Å². The minimum atomic E-state index is 0.585. The lowest BCUT2D eigenvalue weighted by Crippen LogP contribution is -2.39. The zero-order valence-electron chi connectivity index (χ0n) is 10.3. The summed E-state index contributed by atoms with van der Waals surface area (Å²) in [4.78, 5) is 2.46. The van der Waals surface area contributed by atoms with E-state index in [4.69, 9.17) is 4.74 Å². The van der Waals surface area contributed by atoms with Crippen molar-refractivity contribution in [3.8, 4) is 0 Å². The van der Waals surface area contributed by atoms with Crippen LogP contribution in [0, 0.1) is 0 Å². The fourth-order valence-corrected chi connectivity index (χ4v) is 1.68. The Morgan fingerprint density at radius 3 is 2.43 bits per heavy atom. The fraction of sp³-hybridized carbons (Fsp3) is 1.00. The zero-order chi connectivity index (χ0) is 11.0. The van der Waals surface area contributed by atoms with E-state index in [1.165, 1.54) is 6.42 Å². The summed E-state index contributed by atoms with van der Waals surface area (Å²) in [5.74, 6) is 0. The Balaban J connectivity index is 3.83. The van der Waals surface area contributed by atoms with E-state index >= 15 is 0 Å². The smallest absolute Gasteiger partial charge is 0.0589 e. The molecule has 0 amide bonds. The third kappa shape index (κ3) is 5.58. The van der Waals surface area contributed by atoms with E-state index in [0.29, 0.717) is 12.1 Å². The van der Waals surface area contributed by atoms with Crippen LogP contribution in [0.2, 0.25) is 0 Å². The molecule has 0 fully saturated rings. The number of nitrogens with zero attached hydrogens (tertiary/aromatic N) is 1. The van der Waals surface area contributed by atoms with Crippen LogP contribution in [0.25, 0.3) is 0 Å².